The van der Waals surface area contributed by atoms with Crippen LogP contribution in [0.2, 0.25) is 0 Å². The Morgan fingerprint density at radius 2 is 2.00 bits per heavy atom. The molecule has 26 heavy (non-hydrogen) atoms. The summed E-state index contributed by atoms with van der Waals surface area (Å²) in [6.07, 6.45) is 5.97. The van der Waals surface area contributed by atoms with Gasteiger partial charge in [0.15, 0.2) is 0 Å². The molecule has 0 N–H and O–H groups in total. The van der Waals surface area contributed by atoms with Crippen molar-refractivity contribution in [1.82, 2.24) is 19.2 Å². The zero-order chi connectivity index (χ0) is 18.0. The van der Waals surface area contributed by atoms with E-state index in [1.807, 2.05) is 17.6 Å². The molecule has 0 unspecified atom stereocenters. The Morgan fingerprint density at radius 3 is 2.85 bits per heavy atom. The highest BCUT2D eigenvalue weighted by atomic mass is 32.2. The van der Waals surface area contributed by atoms with Crippen molar-refractivity contribution in [1.29, 1.82) is 0 Å². The SMILES string of the molecule is O=S(=O)(c1cccc2cnccc12)N1CCCN(Cc2nccs2)CC1. The van der Waals surface area contributed by atoms with Crippen LogP contribution in [0.1, 0.15) is 11.4 Å². The van der Waals surface area contributed by atoms with Crippen LogP contribution in [0.15, 0.2) is 53.1 Å². The maximum Gasteiger partial charge on any atom is 0.243 e. The summed E-state index contributed by atoms with van der Waals surface area (Å²) in [5, 5.41) is 4.61. The van der Waals surface area contributed by atoms with Crippen LogP contribution in [0.5, 0.6) is 0 Å². The number of hydrogen-bond acceptors (Lipinski definition) is 6. The van der Waals surface area contributed by atoms with Crippen molar-refractivity contribution in [2.24, 2.45) is 0 Å². The molecule has 0 bridgehead atoms. The molecule has 1 fully saturated rings. The van der Waals surface area contributed by atoms with Gasteiger partial charge in [-0.15, -0.1) is 11.3 Å². The minimum absolute atomic E-state index is 0.366. The molecule has 4 rings (SSSR count). The van der Waals surface area contributed by atoms with E-state index < -0.39 is 10.0 Å². The predicted molar refractivity (Wildman–Crippen MR) is 103 cm³/mol. The Morgan fingerprint density at radius 1 is 1.08 bits per heavy atom. The van der Waals surface area contributed by atoms with Crippen LogP contribution in [-0.4, -0.2) is 53.8 Å². The predicted octanol–water partition coefficient (Wildman–Crippen LogP) is 2.59. The number of thiazole rings is 1. The maximum absolute atomic E-state index is 13.3. The van der Waals surface area contributed by atoms with Crippen molar-refractivity contribution in [3.05, 3.63) is 53.2 Å². The second-order valence-corrected chi connectivity index (χ2v) is 9.20. The molecule has 0 aliphatic carbocycles. The summed E-state index contributed by atoms with van der Waals surface area (Å²) in [5.41, 5.74) is 0. The van der Waals surface area contributed by atoms with Crippen molar-refractivity contribution < 1.29 is 8.42 Å². The number of benzene rings is 1. The summed E-state index contributed by atoms with van der Waals surface area (Å²) in [6.45, 7) is 3.41. The summed E-state index contributed by atoms with van der Waals surface area (Å²) in [6, 6.07) is 7.13. The lowest BCUT2D eigenvalue weighted by molar-refractivity contribution is 0.278. The molecule has 1 aliphatic heterocycles. The van der Waals surface area contributed by atoms with Crippen LogP contribution >= 0.6 is 11.3 Å². The maximum atomic E-state index is 13.3. The molecule has 3 aromatic rings. The fraction of sp³-hybridized carbons (Fsp3) is 0.333. The van der Waals surface area contributed by atoms with Gasteiger partial charge >= 0.3 is 0 Å². The standard InChI is InChI=1S/C18H20N4O2S2/c23-26(24,17-4-1-3-15-13-19-6-5-16(15)17)22-9-2-8-21(10-11-22)14-18-20-7-12-25-18/h1,3-7,12-13H,2,8-11,14H2. The normalized spacial score (nSPS) is 17.4. The summed E-state index contributed by atoms with van der Waals surface area (Å²) >= 11 is 1.64. The molecule has 3 heterocycles. The first kappa shape index (κ1) is 17.5. The molecule has 0 amide bonds. The van der Waals surface area contributed by atoms with Crippen LogP contribution in [-0.2, 0) is 16.6 Å². The topological polar surface area (TPSA) is 66.4 Å². The van der Waals surface area contributed by atoms with E-state index in [4.69, 9.17) is 0 Å². The highest BCUT2D eigenvalue weighted by molar-refractivity contribution is 7.89. The Kier molecular flexibility index (Phi) is 4.99. The van der Waals surface area contributed by atoms with E-state index >= 15 is 0 Å². The van der Waals surface area contributed by atoms with Crippen molar-refractivity contribution >= 4 is 32.1 Å². The third kappa shape index (κ3) is 3.50. The highest BCUT2D eigenvalue weighted by Gasteiger charge is 2.28. The minimum Gasteiger partial charge on any atom is -0.295 e. The number of sulfonamides is 1. The van der Waals surface area contributed by atoms with Gasteiger partial charge in [0.25, 0.3) is 0 Å². The molecule has 1 aromatic carbocycles. The number of fused-ring (bicyclic) bond motifs is 1. The molecule has 136 valence electrons. The average Bonchev–Trinajstić information content (AvgIpc) is 3.04. The summed E-state index contributed by atoms with van der Waals surface area (Å²) in [5.74, 6) is 0. The molecular formula is C18H20N4O2S2. The van der Waals surface area contributed by atoms with Crippen molar-refractivity contribution in [2.75, 3.05) is 26.2 Å². The lowest BCUT2D eigenvalue weighted by Gasteiger charge is -2.22. The number of hydrogen-bond donors (Lipinski definition) is 0. The van der Waals surface area contributed by atoms with Crippen LogP contribution in [0.25, 0.3) is 10.8 Å². The van der Waals surface area contributed by atoms with Gasteiger partial charge in [0.1, 0.15) is 5.01 Å². The second-order valence-electron chi connectivity index (χ2n) is 6.31. The molecule has 0 spiro atoms. The fourth-order valence-electron chi connectivity index (χ4n) is 3.32. The quantitative estimate of drug-likeness (QED) is 0.687. The zero-order valence-corrected chi connectivity index (χ0v) is 15.9. The number of pyridine rings is 1. The fourth-order valence-corrected chi connectivity index (χ4v) is 5.67. The van der Waals surface area contributed by atoms with Crippen molar-refractivity contribution in [3.8, 4) is 0 Å². The van der Waals surface area contributed by atoms with Gasteiger partial charge < -0.3 is 0 Å². The third-order valence-corrected chi connectivity index (χ3v) is 7.37. The summed E-state index contributed by atoms with van der Waals surface area (Å²) in [7, 11) is -3.53. The molecule has 0 atom stereocenters. The van der Waals surface area contributed by atoms with E-state index in [-0.39, 0.29) is 0 Å². The van der Waals surface area contributed by atoms with E-state index in [1.165, 1.54) is 0 Å². The Labute approximate surface area is 157 Å². The Balaban J connectivity index is 1.56. The van der Waals surface area contributed by atoms with Crippen LogP contribution in [0, 0.1) is 0 Å². The van der Waals surface area contributed by atoms with E-state index in [0.717, 1.165) is 35.3 Å². The monoisotopic (exact) mass is 388 g/mol. The van der Waals surface area contributed by atoms with E-state index in [0.29, 0.717) is 24.5 Å². The highest BCUT2D eigenvalue weighted by Crippen LogP contribution is 2.26. The molecule has 0 saturated carbocycles. The van der Waals surface area contributed by atoms with Crippen LogP contribution in [0.4, 0.5) is 0 Å². The number of nitrogens with zero attached hydrogens (tertiary/aromatic N) is 4. The number of aromatic nitrogens is 2. The van der Waals surface area contributed by atoms with E-state index in [9.17, 15) is 8.42 Å². The molecule has 2 aromatic heterocycles. The second kappa shape index (κ2) is 7.40. The van der Waals surface area contributed by atoms with E-state index in [1.54, 1.807) is 46.2 Å². The first-order valence-electron chi connectivity index (χ1n) is 8.58. The molecule has 0 radical (unpaired) electrons. The molecule has 8 heteroatoms. The van der Waals surface area contributed by atoms with Gasteiger partial charge in [-0.25, -0.2) is 13.4 Å². The first-order chi connectivity index (χ1) is 12.6. The summed E-state index contributed by atoms with van der Waals surface area (Å²) in [4.78, 5) is 11.1. The van der Waals surface area contributed by atoms with Gasteiger partial charge in [0.05, 0.1) is 11.4 Å². The van der Waals surface area contributed by atoms with Crippen molar-refractivity contribution in [2.45, 2.75) is 17.9 Å². The smallest absolute Gasteiger partial charge is 0.243 e. The third-order valence-electron chi connectivity index (χ3n) is 4.65. The molecule has 6 nitrogen and oxygen atoms in total. The van der Waals surface area contributed by atoms with Gasteiger partial charge in [-0.3, -0.25) is 9.88 Å². The zero-order valence-electron chi connectivity index (χ0n) is 14.3. The number of rotatable bonds is 4. The van der Waals surface area contributed by atoms with Gasteiger partial charge in [0, 0.05) is 54.4 Å². The first-order valence-corrected chi connectivity index (χ1v) is 10.9. The van der Waals surface area contributed by atoms with Crippen LogP contribution in [0.3, 0.4) is 0 Å². The molecular weight excluding hydrogens is 368 g/mol. The van der Waals surface area contributed by atoms with Crippen molar-refractivity contribution in [3.63, 3.8) is 0 Å². The molecule has 1 saturated heterocycles. The lowest BCUT2D eigenvalue weighted by Crippen LogP contribution is -2.35. The Hall–Kier alpha value is -1.87. The van der Waals surface area contributed by atoms with E-state index in [2.05, 4.69) is 14.9 Å². The Bertz CT molecular complexity index is 984. The van der Waals surface area contributed by atoms with Gasteiger partial charge in [0.2, 0.25) is 10.0 Å². The van der Waals surface area contributed by atoms with Gasteiger partial charge in [-0.1, -0.05) is 12.1 Å². The average molecular weight is 389 g/mol. The molecule has 1 aliphatic rings. The van der Waals surface area contributed by atoms with Gasteiger partial charge in [-0.05, 0) is 25.1 Å². The lowest BCUT2D eigenvalue weighted by atomic mass is 10.2. The minimum atomic E-state index is -3.53. The largest absolute Gasteiger partial charge is 0.295 e. The van der Waals surface area contributed by atoms with Crippen LogP contribution < -0.4 is 0 Å². The summed E-state index contributed by atoms with van der Waals surface area (Å²) < 4.78 is 28.1. The van der Waals surface area contributed by atoms with Gasteiger partial charge in [-0.2, -0.15) is 4.31 Å².